The second kappa shape index (κ2) is 6.00. The zero-order valence-electron chi connectivity index (χ0n) is 11.2. The van der Waals surface area contributed by atoms with Gasteiger partial charge in [0.05, 0.1) is 10.5 Å². The van der Waals surface area contributed by atoms with Crippen molar-refractivity contribution in [3.63, 3.8) is 0 Å². The highest BCUT2D eigenvalue weighted by Gasteiger charge is 2.18. The van der Waals surface area contributed by atoms with Gasteiger partial charge in [0.15, 0.2) is 0 Å². The van der Waals surface area contributed by atoms with Crippen molar-refractivity contribution in [1.29, 1.82) is 0 Å². The molecule has 0 aliphatic rings. The number of nitrogens with zero attached hydrogens (tertiary/aromatic N) is 2. The lowest BCUT2D eigenvalue weighted by molar-refractivity contribution is -0.384. The van der Waals surface area contributed by atoms with Crippen LogP contribution < -0.4 is 5.32 Å². The summed E-state index contributed by atoms with van der Waals surface area (Å²) in [5, 5.41) is 23.0. The lowest BCUT2D eigenvalue weighted by Gasteiger charge is -2.15. The summed E-state index contributed by atoms with van der Waals surface area (Å²) in [5.41, 5.74) is 0.801. The maximum absolute atomic E-state index is 11.1. The Kier molecular flexibility index (Phi) is 4.13. The number of rotatable bonds is 5. The summed E-state index contributed by atoms with van der Waals surface area (Å²) in [5.74, 6) is -1.20. The standard InChI is InChI=1S/C14H13N3O4/c1-9(10-4-6-15-7-5-10)16-12-3-2-11(14(18)19)8-13(12)17(20)21/h2-9,16H,1H3,(H,18,19). The number of anilines is 1. The second-order valence-corrected chi connectivity index (χ2v) is 4.44. The molecule has 7 heteroatoms. The van der Waals surface area contributed by atoms with Crippen molar-refractivity contribution in [2.75, 3.05) is 5.32 Å². The summed E-state index contributed by atoms with van der Waals surface area (Å²) < 4.78 is 0. The molecule has 2 rings (SSSR count). The predicted octanol–water partition coefficient (Wildman–Crippen LogP) is 2.86. The number of hydrogen-bond donors (Lipinski definition) is 2. The Labute approximate surface area is 120 Å². The molecule has 0 aliphatic carbocycles. The van der Waals surface area contributed by atoms with Gasteiger partial charge in [-0.25, -0.2) is 4.79 Å². The van der Waals surface area contributed by atoms with Gasteiger partial charge < -0.3 is 10.4 Å². The fourth-order valence-electron chi connectivity index (χ4n) is 1.91. The van der Waals surface area contributed by atoms with Gasteiger partial charge in [-0.15, -0.1) is 0 Å². The monoisotopic (exact) mass is 287 g/mol. The Morgan fingerprint density at radius 1 is 1.33 bits per heavy atom. The van der Waals surface area contributed by atoms with Crippen LogP contribution in [-0.2, 0) is 0 Å². The molecular weight excluding hydrogens is 274 g/mol. The van der Waals surface area contributed by atoms with Crippen molar-refractivity contribution in [1.82, 2.24) is 4.98 Å². The van der Waals surface area contributed by atoms with E-state index in [-0.39, 0.29) is 23.0 Å². The quantitative estimate of drug-likeness (QED) is 0.647. The first-order chi connectivity index (χ1) is 9.99. The van der Waals surface area contributed by atoms with Crippen LogP contribution in [0.15, 0.2) is 42.7 Å². The second-order valence-electron chi connectivity index (χ2n) is 4.44. The lowest BCUT2D eigenvalue weighted by Crippen LogP contribution is -2.09. The van der Waals surface area contributed by atoms with E-state index in [0.29, 0.717) is 0 Å². The van der Waals surface area contributed by atoms with E-state index in [0.717, 1.165) is 11.6 Å². The molecule has 7 nitrogen and oxygen atoms in total. The molecule has 2 N–H and O–H groups in total. The fraction of sp³-hybridized carbons (Fsp3) is 0.143. The van der Waals surface area contributed by atoms with E-state index in [2.05, 4.69) is 10.3 Å². The van der Waals surface area contributed by atoms with Gasteiger partial charge in [-0.3, -0.25) is 15.1 Å². The molecule has 1 aromatic carbocycles. The van der Waals surface area contributed by atoms with Crippen LogP contribution in [-0.4, -0.2) is 21.0 Å². The van der Waals surface area contributed by atoms with Crippen molar-refractivity contribution >= 4 is 17.3 Å². The Morgan fingerprint density at radius 3 is 2.57 bits per heavy atom. The van der Waals surface area contributed by atoms with Crippen molar-refractivity contribution in [3.8, 4) is 0 Å². The Morgan fingerprint density at radius 2 is 2.00 bits per heavy atom. The van der Waals surface area contributed by atoms with Crippen LogP contribution in [0.5, 0.6) is 0 Å². The number of benzene rings is 1. The molecule has 0 saturated carbocycles. The largest absolute Gasteiger partial charge is 0.478 e. The average Bonchev–Trinajstić information content (AvgIpc) is 2.48. The van der Waals surface area contributed by atoms with Gasteiger partial charge in [0.1, 0.15) is 5.69 Å². The predicted molar refractivity (Wildman–Crippen MR) is 76.3 cm³/mol. The van der Waals surface area contributed by atoms with Gasteiger partial charge in [-0.2, -0.15) is 0 Å². The molecule has 0 aliphatic heterocycles. The molecular formula is C14H13N3O4. The first-order valence-corrected chi connectivity index (χ1v) is 6.17. The van der Waals surface area contributed by atoms with E-state index in [9.17, 15) is 14.9 Å². The zero-order chi connectivity index (χ0) is 15.4. The summed E-state index contributed by atoms with van der Waals surface area (Å²) in [6.45, 7) is 1.85. The maximum Gasteiger partial charge on any atom is 0.335 e. The third-order valence-corrected chi connectivity index (χ3v) is 3.02. The first-order valence-electron chi connectivity index (χ1n) is 6.17. The van der Waals surface area contributed by atoms with E-state index >= 15 is 0 Å². The smallest absolute Gasteiger partial charge is 0.335 e. The summed E-state index contributed by atoms with van der Waals surface area (Å²) in [6, 6.07) is 7.20. The first kappa shape index (κ1) is 14.4. The third kappa shape index (κ3) is 3.33. The number of aromatic nitrogens is 1. The molecule has 1 heterocycles. The van der Waals surface area contributed by atoms with Crippen LogP contribution in [0, 0.1) is 10.1 Å². The van der Waals surface area contributed by atoms with Crippen molar-refractivity contribution < 1.29 is 14.8 Å². The Bertz CT molecular complexity index is 673. The van der Waals surface area contributed by atoms with Gasteiger partial charge in [-0.1, -0.05) is 0 Å². The van der Waals surface area contributed by atoms with Crippen molar-refractivity contribution in [2.24, 2.45) is 0 Å². The Balaban J connectivity index is 2.31. The molecule has 0 amide bonds. The van der Waals surface area contributed by atoms with E-state index in [1.54, 1.807) is 24.5 Å². The van der Waals surface area contributed by atoms with E-state index in [4.69, 9.17) is 5.11 Å². The highest BCUT2D eigenvalue weighted by molar-refractivity contribution is 5.89. The minimum absolute atomic E-state index is 0.121. The molecule has 0 radical (unpaired) electrons. The van der Waals surface area contributed by atoms with Crippen LogP contribution >= 0.6 is 0 Å². The lowest BCUT2D eigenvalue weighted by atomic mass is 10.1. The van der Waals surface area contributed by atoms with Crippen LogP contribution in [0.1, 0.15) is 28.9 Å². The van der Waals surface area contributed by atoms with Crippen LogP contribution in [0.25, 0.3) is 0 Å². The number of pyridine rings is 1. The molecule has 21 heavy (non-hydrogen) atoms. The maximum atomic E-state index is 11.1. The van der Waals surface area contributed by atoms with Crippen LogP contribution in [0.3, 0.4) is 0 Å². The number of carboxylic acid groups (broad SMARTS) is 1. The number of nitro groups is 1. The summed E-state index contributed by atoms with van der Waals surface area (Å²) in [6.07, 6.45) is 3.27. The highest BCUT2D eigenvalue weighted by Crippen LogP contribution is 2.29. The number of nitrogens with one attached hydrogen (secondary N) is 1. The SMILES string of the molecule is CC(Nc1ccc(C(=O)O)cc1[N+](=O)[O-])c1ccncc1. The molecule has 0 saturated heterocycles. The molecule has 108 valence electrons. The number of hydrogen-bond acceptors (Lipinski definition) is 5. The molecule has 0 fully saturated rings. The minimum Gasteiger partial charge on any atom is -0.478 e. The van der Waals surface area contributed by atoms with Crippen molar-refractivity contribution in [2.45, 2.75) is 13.0 Å². The normalized spacial score (nSPS) is 11.7. The third-order valence-electron chi connectivity index (χ3n) is 3.02. The molecule has 1 atom stereocenters. The Hall–Kier alpha value is -2.96. The van der Waals surface area contributed by atoms with Crippen LogP contribution in [0.2, 0.25) is 0 Å². The number of carbonyl (C=O) groups is 1. The molecule has 0 spiro atoms. The summed E-state index contributed by atoms with van der Waals surface area (Å²) in [4.78, 5) is 25.3. The van der Waals surface area contributed by atoms with Gasteiger partial charge in [-0.05, 0) is 36.8 Å². The summed E-state index contributed by atoms with van der Waals surface area (Å²) in [7, 11) is 0. The number of carboxylic acids is 1. The van der Waals surface area contributed by atoms with E-state index in [1.165, 1.54) is 12.1 Å². The molecule has 1 aromatic heterocycles. The van der Waals surface area contributed by atoms with Gasteiger partial charge >= 0.3 is 5.97 Å². The van der Waals surface area contributed by atoms with Crippen molar-refractivity contribution in [3.05, 3.63) is 64.0 Å². The van der Waals surface area contributed by atoms with E-state index < -0.39 is 10.9 Å². The molecule has 0 bridgehead atoms. The van der Waals surface area contributed by atoms with Gasteiger partial charge in [0.2, 0.25) is 0 Å². The molecule has 2 aromatic rings. The number of aromatic carboxylic acids is 1. The zero-order valence-corrected chi connectivity index (χ0v) is 11.2. The average molecular weight is 287 g/mol. The summed E-state index contributed by atoms with van der Waals surface area (Å²) >= 11 is 0. The fourth-order valence-corrected chi connectivity index (χ4v) is 1.91. The van der Waals surface area contributed by atoms with E-state index in [1.807, 2.05) is 6.92 Å². The van der Waals surface area contributed by atoms with Crippen LogP contribution in [0.4, 0.5) is 11.4 Å². The van der Waals surface area contributed by atoms with Gasteiger partial charge in [0.25, 0.3) is 5.69 Å². The number of nitro benzene ring substituents is 1. The van der Waals surface area contributed by atoms with Gasteiger partial charge in [0, 0.05) is 24.5 Å². The molecule has 1 unspecified atom stereocenters. The topological polar surface area (TPSA) is 105 Å². The minimum atomic E-state index is -1.20. The highest BCUT2D eigenvalue weighted by atomic mass is 16.6.